The molecule has 0 aliphatic heterocycles. The summed E-state index contributed by atoms with van der Waals surface area (Å²) in [7, 11) is 4.34. The fourth-order valence-electron chi connectivity index (χ4n) is 5.08. The summed E-state index contributed by atoms with van der Waals surface area (Å²) in [6, 6.07) is 18.0. The highest BCUT2D eigenvalue weighted by Crippen LogP contribution is 2.41. The molecule has 0 amide bonds. The first-order chi connectivity index (χ1) is 22.6. The minimum absolute atomic E-state index is 0.158. The van der Waals surface area contributed by atoms with Crippen LogP contribution in [0.4, 0.5) is 8.78 Å². The van der Waals surface area contributed by atoms with E-state index in [1.54, 1.807) is 48.5 Å². The van der Waals surface area contributed by atoms with Gasteiger partial charge >= 0.3 is 0 Å². The topological polar surface area (TPSA) is 89.5 Å². The van der Waals surface area contributed by atoms with Crippen LogP contribution in [-0.2, 0) is 9.84 Å². The van der Waals surface area contributed by atoms with E-state index in [4.69, 9.17) is 28.4 Å². The van der Waals surface area contributed by atoms with Crippen LogP contribution in [0.25, 0.3) is 12.2 Å². The molecule has 248 valence electrons. The van der Waals surface area contributed by atoms with Crippen molar-refractivity contribution >= 4 is 22.0 Å². The van der Waals surface area contributed by atoms with Crippen molar-refractivity contribution in [2.24, 2.45) is 0 Å². The van der Waals surface area contributed by atoms with Gasteiger partial charge in [-0.1, -0.05) is 36.4 Å². The van der Waals surface area contributed by atoms with Crippen molar-refractivity contribution in [1.82, 2.24) is 0 Å². The molecular formula is C36H36F2O8S. The zero-order valence-electron chi connectivity index (χ0n) is 26.8. The fraction of sp³-hybridized carbons (Fsp3) is 0.222. The third kappa shape index (κ3) is 7.86. The van der Waals surface area contributed by atoms with E-state index < -0.39 is 32.0 Å². The van der Waals surface area contributed by atoms with E-state index in [1.807, 2.05) is 0 Å². The SMILES string of the molecule is COc1ccc(C(C=Cc2c(OC)cc(F)cc2OC)S(=O)(=O)C(C=Cc2c(OC)cc(F)cc2OC)c2ccc(OC)cc2)cc1. The summed E-state index contributed by atoms with van der Waals surface area (Å²) >= 11 is 0. The van der Waals surface area contributed by atoms with E-state index in [0.717, 1.165) is 0 Å². The number of rotatable bonds is 14. The quantitative estimate of drug-likeness (QED) is 0.136. The molecule has 0 radical (unpaired) electrons. The normalized spacial score (nSPS) is 12.9. The molecule has 8 nitrogen and oxygen atoms in total. The van der Waals surface area contributed by atoms with Crippen LogP contribution in [0.15, 0.2) is 84.9 Å². The van der Waals surface area contributed by atoms with Gasteiger partial charge in [-0.2, -0.15) is 0 Å². The summed E-state index contributed by atoms with van der Waals surface area (Å²) in [6.07, 6.45) is 6.06. The number of sulfone groups is 1. The standard InChI is InChI=1S/C36H36F2O8S/c1-41-27-11-7-23(8-12-27)35(17-15-29-31(43-3)19-25(37)20-32(29)44-4)47(39,40)36(24-9-13-28(42-2)14-10-24)18-16-30-33(45-5)21-26(38)22-34(30)46-6/h7-22,35-36H,1-6H3. The van der Waals surface area contributed by atoms with Crippen LogP contribution in [-0.4, -0.2) is 51.1 Å². The van der Waals surface area contributed by atoms with Crippen molar-refractivity contribution in [2.75, 3.05) is 42.7 Å². The van der Waals surface area contributed by atoms with Crippen LogP contribution in [0, 0.1) is 11.6 Å². The molecule has 4 rings (SSSR count). The predicted molar refractivity (Wildman–Crippen MR) is 177 cm³/mol. The summed E-state index contributed by atoms with van der Waals surface area (Å²) in [5.41, 5.74) is 1.57. The van der Waals surface area contributed by atoms with E-state index in [0.29, 0.717) is 33.8 Å². The van der Waals surface area contributed by atoms with Crippen molar-refractivity contribution in [3.8, 4) is 34.5 Å². The molecule has 0 bridgehead atoms. The molecule has 47 heavy (non-hydrogen) atoms. The summed E-state index contributed by atoms with van der Waals surface area (Å²) in [4.78, 5) is 0. The van der Waals surface area contributed by atoms with Crippen LogP contribution in [0.3, 0.4) is 0 Å². The largest absolute Gasteiger partial charge is 0.497 e. The zero-order chi connectivity index (χ0) is 34.1. The zero-order valence-corrected chi connectivity index (χ0v) is 27.6. The minimum atomic E-state index is -4.21. The Kier molecular flexibility index (Phi) is 11.5. The van der Waals surface area contributed by atoms with Gasteiger partial charge in [-0.3, -0.25) is 0 Å². The third-order valence-corrected chi connectivity index (χ3v) is 9.76. The van der Waals surface area contributed by atoms with E-state index in [2.05, 4.69) is 0 Å². The lowest BCUT2D eigenvalue weighted by Crippen LogP contribution is -2.19. The van der Waals surface area contributed by atoms with Crippen molar-refractivity contribution in [2.45, 2.75) is 10.5 Å². The van der Waals surface area contributed by atoms with Gasteiger partial charge < -0.3 is 28.4 Å². The first-order valence-corrected chi connectivity index (χ1v) is 15.9. The van der Waals surface area contributed by atoms with Gasteiger partial charge in [0.15, 0.2) is 9.84 Å². The summed E-state index contributed by atoms with van der Waals surface area (Å²) < 4.78 is 90.5. The molecule has 4 aromatic rings. The van der Waals surface area contributed by atoms with Gasteiger partial charge in [0.25, 0.3) is 0 Å². The molecule has 0 heterocycles. The number of benzene rings is 4. The number of hydrogen-bond donors (Lipinski definition) is 0. The average molecular weight is 667 g/mol. The minimum Gasteiger partial charge on any atom is -0.497 e. The number of methoxy groups -OCH3 is 6. The average Bonchev–Trinajstić information content (AvgIpc) is 3.08. The Hall–Kier alpha value is -5.03. The molecule has 2 unspecified atom stereocenters. The van der Waals surface area contributed by atoms with Crippen LogP contribution in [0.1, 0.15) is 32.8 Å². The molecule has 0 aliphatic carbocycles. The second-order valence-electron chi connectivity index (χ2n) is 10.1. The van der Waals surface area contributed by atoms with Crippen LogP contribution >= 0.6 is 0 Å². The van der Waals surface area contributed by atoms with Crippen LogP contribution in [0.2, 0.25) is 0 Å². The molecule has 0 aliphatic rings. The summed E-state index contributed by atoms with van der Waals surface area (Å²) in [5, 5.41) is -2.47. The Morgan fingerprint density at radius 1 is 0.511 bits per heavy atom. The molecule has 0 fully saturated rings. The number of hydrogen-bond acceptors (Lipinski definition) is 8. The lowest BCUT2D eigenvalue weighted by molar-refractivity contribution is 0.386. The second-order valence-corrected chi connectivity index (χ2v) is 12.3. The molecule has 11 heteroatoms. The lowest BCUT2D eigenvalue weighted by atomic mass is 10.1. The molecular weight excluding hydrogens is 630 g/mol. The summed E-state index contributed by atoms with van der Waals surface area (Å²) in [5.74, 6) is 0.558. The van der Waals surface area contributed by atoms with Crippen molar-refractivity contribution in [1.29, 1.82) is 0 Å². The van der Waals surface area contributed by atoms with E-state index >= 15 is 0 Å². The maximum atomic E-state index is 14.9. The first kappa shape index (κ1) is 34.8. The Bertz CT molecular complexity index is 1660. The Labute approximate surface area is 273 Å². The Morgan fingerprint density at radius 2 is 0.809 bits per heavy atom. The maximum absolute atomic E-state index is 14.9. The maximum Gasteiger partial charge on any atom is 0.171 e. The van der Waals surface area contributed by atoms with Gasteiger partial charge in [0.1, 0.15) is 56.6 Å². The van der Waals surface area contributed by atoms with E-state index in [9.17, 15) is 17.2 Å². The van der Waals surface area contributed by atoms with Gasteiger partial charge in [0.05, 0.1) is 53.8 Å². The molecule has 2 atom stereocenters. The Morgan fingerprint density at radius 3 is 1.06 bits per heavy atom. The highest BCUT2D eigenvalue weighted by atomic mass is 32.2. The van der Waals surface area contributed by atoms with Gasteiger partial charge in [-0.05, 0) is 47.5 Å². The van der Waals surface area contributed by atoms with Gasteiger partial charge in [0, 0.05) is 24.3 Å². The van der Waals surface area contributed by atoms with Crippen LogP contribution < -0.4 is 28.4 Å². The molecule has 0 spiro atoms. The van der Waals surface area contributed by atoms with Gasteiger partial charge in [0.2, 0.25) is 0 Å². The van der Waals surface area contributed by atoms with Gasteiger partial charge in [-0.25, -0.2) is 17.2 Å². The summed E-state index contributed by atoms with van der Waals surface area (Å²) in [6.45, 7) is 0. The monoisotopic (exact) mass is 666 g/mol. The third-order valence-electron chi connectivity index (χ3n) is 7.49. The molecule has 4 aromatic carbocycles. The van der Waals surface area contributed by atoms with Gasteiger partial charge in [-0.15, -0.1) is 0 Å². The lowest BCUT2D eigenvalue weighted by Gasteiger charge is -2.22. The van der Waals surface area contributed by atoms with E-state index in [1.165, 1.54) is 91.2 Å². The predicted octanol–water partition coefficient (Wildman–Crippen LogP) is 7.64. The molecule has 0 saturated heterocycles. The second kappa shape index (κ2) is 15.5. The molecule has 0 N–H and O–H groups in total. The van der Waals surface area contributed by atoms with Crippen molar-refractivity contribution < 1.29 is 45.6 Å². The van der Waals surface area contributed by atoms with Crippen molar-refractivity contribution in [3.63, 3.8) is 0 Å². The smallest absolute Gasteiger partial charge is 0.171 e. The van der Waals surface area contributed by atoms with Crippen LogP contribution in [0.5, 0.6) is 34.5 Å². The van der Waals surface area contributed by atoms with Crippen molar-refractivity contribution in [3.05, 3.63) is 119 Å². The molecule has 0 aromatic heterocycles. The highest BCUT2D eigenvalue weighted by molar-refractivity contribution is 7.92. The number of ether oxygens (including phenoxy) is 6. The fourth-order valence-corrected chi connectivity index (χ4v) is 7.06. The number of halogens is 2. The first-order valence-electron chi connectivity index (χ1n) is 14.3. The molecule has 0 saturated carbocycles. The van der Waals surface area contributed by atoms with E-state index in [-0.39, 0.29) is 23.0 Å². The highest BCUT2D eigenvalue weighted by Gasteiger charge is 2.34. The Balaban J connectivity index is 1.95.